The second-order valence-corrected chi connectivity index (χ2v) is 8.23. The van der Waals surface area contributed by atoms with E-state index in [4.69, 9.17) is 16.1 Å². The Labute approximate surface area is 178 Å². The number of nitrogens with one attached hydrogen (secondary N) is 1. The molecule has 1 atom stereocenters. The van der Waals surface area contributed by atoms with Crippen LogP contribution >= 0.6 is 11.6 Å². The number of ketones is 1. The summed E-state index contributed by atoms with van der Waals surface area (Å²) in [7, 11) is 0. The summed E-state index contributed by atoms with van der Waals surface area (Å²) in [6.45, 7) is 5.22. The minimum Gasteiger partial charge on any atom is -0.352 e. The first-order valence-corrected chi connectivity index (χ1v) is 10.4. The van der Waals surface area contributed by atoms with Crippen molar-refractivity contribution in [1.29, 1.82) is 0 Å². The number of carbonyl (C=O) groups excluding carboxylic acids is 2. The highest BCUT2D eigenvalue weighted by Gasteiger charge is 2.28. The van der Waals surface area contributed by atoms with Crippen LogP contribution in [0.3, 0.4) is 0 Å². The van der Waals surface area contributed by atoms with Crippen LogP contribution in [0, 0.1) is 0 Å². The molecule has 2 aliphatic rings. The van der Waals surface area contributed by atoms with Gasteiger partial charge in [0.1, 0.15) is 0 Å². The molecule has 8 heteroatoms. The van der Waals surface area contributed by atoms with E-state index < -0.39 is 0 Å². The molecular formula is C22H21ClN4O3. The summed E-state index contributed by atoms with van der Waals surface area (Å²) >= 11 is 6.18. The fraction of sp³-hybridized carbons (Fsp3) is 0.318. The molecule has 1 amide bonds. The zero-order valence-corrected chi connectivity index (χ0v) is 17.3. The number of fused-ring (bicyclic) bond motifs is 2. The van der Waals surface area contributed by atoms with Gasteiger partial charge >= 0.3 is 0 Å². The number of amides is 1. The minimum absolute atomic E-state index is 0.0209. The van der Waals surface area contributed by atoms with Gasteiger partial charge in [0.15, 0.2) is 17.2 Å². The van der Waals surface area contributed by atoms with E-state index in [2.05, 4.69) is 20.3 Å². The number of nitrogens with zero attached hydrogens (tertiary/aromatic N) is 3. The molecular weight excluding hydrogens is 404 g/mol. The molecule has 30 heavy (non-hydrogen) atoms. The minimum atomic E-state index is -0.220. The molecule has 0 radical (unpaired) electrons. The molecule has 7 nitrogen and oxygen atoms in total. The monoisotopic (exact) mass is 424 g/mol. The highest BCUT2D eigenvalue weighted by atomic mass is 35.5. The third-order valence-electron chi connectivity index (χ3n) is 5.96. The fourth-order valence-corrected chi connectivity index (χ4v) is 4.36. The number of benzene rings is 2. The van der Waals surface area contributed by atoms with Crippen LogP contribution in [-0.4, -0.2) is 54.5 Å². The topological polar surface area (TPSA) is 78.7 Å². The summed E-state index contributed by atoms with van der Waals surface area (Å²) < 4.78 is 5.41. The van der Waals surface area contributed by atoms with Gasteiger partial charge in [0.2, 0.25) is 5.91 Å². The average molecular weight is 425 g/mol. The van der Waals surface area contributed by atoms with E-state index in [9.17, 15) is 9.59 Å². The summed E-state index contributed by atoms with van der Waals surface area (Å²) in [4.78, 5) is 29.0. The van der Waals surface area contributed by atoms with Crippen LogP contribution in [0.2, 0.25) is 5.02 Å². The lowest BCUT2D eigenvalue weighted by Crippen LogP contribution is -2.48. The first kappa shape index (κ1) is 19.1. The maximum atomic E-state index is 12.8. The Morgan fingerprint density at radius 2 is 2.03 bits per heavy atom. The molecule has 0 spiro atoms. The van der Waals surface area contributed by atoms with Crippen molar-refractivity contribution >= 4 is 45.8 Å². The molecule has 2 aliphatic heterocycles. The SMILES string of the molecule is CC1C(=O)Nc2ccc(C(=O)CN3CCN(c4noc5c(Cl)cccc45)CC3)cc21. The van der Waals surface area contributed by atoms with Crippen molar-refractivity contribution in [2.45, 2.75) is 12.8 Å². The Morgan fingerprint density at radius 1 is 1.23 bits per heavy atom. The molecule has 3 heterocycles. The molecule has 154 valence electrons. The summed E-state index contributed by atoms with van der Waals surface area (Å²) in [5, 5.41) is 8.51. The van der Waals surface area contributed by atoms with Gasteiger partial charge in [-0.2, -0.15) is 0 Å². The first-order valence-electron chi connectivity index (χ1n) is 10.0. The van der Waals surface area contributed by atoms with Crippen LogP contribution in [0.1, 0.15) is 28.8 Å². The van der Waals surface area contributed by atoms with Crippen LogP contribution in [0.25, 0.3) is 11.0 Å². The van der Waals surface area contributed by atoms with E-state index in [0.717, 1.165) is 48.6 Å². The lowest BCUT2D eigenvalue weighted by atomic mass is 9.98. The molecule has 3 aromatic rings. The smallest absolute Gasteiger partial charge is 0.231 e. The van der Waals surface area contributed by atoms with Crippen LogP contribution in [0.4, 0.5) is 11.5 Å². The fourth-order valence-electron chi connectivity index (χ4n) is 4.15. The van der Waals surface area contributed by atoms with Crippen molar-refractivity contribution < 1.29 is 14.1 Å². The number of piperazine rings is 1. The van der Waals surface area contributed by atoms with Gasteiger partial charge in [-0.1, -0.05) is 22.8 Å². The Balaban J connectivity index is 1.24. The predicted octanol–water partition coefficient (Wildman–Crippen LogP) is 3.54. The molecule has 0 saturated carbocycles. The van der Waals surface area contributed by atoms with Crippen molar-refractivity contribution in [3.63, 3.8) is 0 Å². The third kappa shape index (κ3) is 3.24. The maximum absolute atomic E-state index is 12.8. The number of anilines is 2. The predicted molar refractivity (Wildman–Crippen MR) is 115 cm³/mol. The number of hydrogen-bond donors (Lipinski definition) is 1. The van der Waals surface area contributed by atoms with Gasteiger partial charge in [-0.3, -0.25) is 14.5 Å². The number of Topliss-reactive ketones (excluding diaryl/α,β-unsaturated/α-hetero) is 1. The lowest BCUT2D eigenvalue weighted by Gasteiger charge is -2.34. The number of rotatable bonds is 4. The molecule has 0 aliphatic carbocycles. The van der Waals surface area contributed by atoms with Gasteiger partial charge in [0, 0.05) is 37.4 Å². The van der Waals surface area contributed by atoms with Gasteiger partial charge in [-0.15, -0.1) is 0 Å². The second-order valence-electron chi connectivity index (χ2n) is 7.82. The highest BCUT2D eigenvalue weighted by molar-refractivity contribution is 6.35. The van der Waals surface area contributed by atoms with Crippen LogP contribution in [0.15, 0.2) is 40.9 Å². The zero-order chi connectivity index (χ0) is 20.8. The number of carbonyl (C=O) groups is 2. The summed E-state index contributed by atoms with van der Waals surface area (Å²) in [6.07, 6.45) is 0. The molecule has 2 aromatic carbocycles. The quantitative estimate of drug-likeness (QED) is 0.645. The highest BCUT2D eigenvalue weighted by Crippen LogP contribution is 2.33. The molecule has 1 unspecified atom stereocenters. The number of hydrogen-bond acceptors (Lipinski definition) is 6. The number of aromatic nitrogens is 1. The van der Waals surface area contributed by atoms with E-state index >= 15 is 0 Å². The average Bonchev–Trinajstić information content (AvgIpc) is 3.31. The van der Waals surface area contributed by atoms with Crippen molar-refractivity contribution in [2.24, 2.45) is 0 Å². The normalized spacial score (nSPS) is 19.2. The largest absolute Gasteiger partial charge is 0.352 e. The summed E-state index contributed by atoms with van der Waals surface area (Å²) in [5.41, 5.74) is 2.95. The Bertz CT molecular complexity index is 1150. The maximum Gasteiger partial charge on any atom is 0.231 e. The van der Waals surface area contributed by atoms with Gasteiger partial charge in [0.05, 0.1) is 22.9 Å². The van der Waals surface area contributed by atoms with Crippen molar-refractivity contribution in [1.82, 2.24) is 10.1 Å². The Morgan fingerprint density at radius 3 is 2.83 bits per heavy atom. The van der Waals surface area contributed by atoms with E-state index in [1.54, 1.807) is 12.1 Å². The molecule has 5 rings (SSSR count). The van der Waals surface area contributed by atoms with E-state index in [1.165, 1.54) is 0 Å². The standard InChI is InChI=1S/C22H21ClN4O3/c1-13-16-11-14(5-6-18(16)24-22(13)29)19(28)12-26-7-9-27(10-8-26)21-15-3-2-4-17(23)20(15)30-25-21/h2-6,11,13H,7-10,12H2,1H3,(H,24,29). The van der Waals surface area contributed by atoms with Crippen LogP contribution in [0.5, 0.6) is 0 Å². The molecule has 1 fully saturated rings. The number of halogens is 1. The first-order chi connectivity index (χ1) is 14.5. The van der Waals surface area contributed by atoms with Crippen molar-refractivity contribution in [3.05, 3.63) is 52.5 Å². The van der Waals surface area contributed by atoms with E-state index in [1.807, 2.05) is 31.2 Å². The van der Waals surface area contributed by atoms with Crippen molar-refractivity contribution in [3.8, 4) is 0 Å². The zero-order valence-electron chi connectivity index (χ0n) is 16.5. The van der Waals surface area contributed by atoms with Crippen molar-refractivity contribution in [2.75, 3.05) is 42.9 Å². The Kier molecular flexibility index (Phi) is 4.72. The van der Waals surface area contributed by atoms with E-state index in [0.29, 0.717) is 22.7 Å². The molecule has 1 N–H and O–H groups in total. The van der Waals surface area contributed by atoms with Gasteiger partial charge in [-0.05, 0) is 42.8 Å². The summed E-state index contributed by atoms with van der Waals surface area (Å²) in [6, 6.07) is 11.1. The second kappa shape index (κ2) is 7.41. The number of para-hydroxylation sites is 1. The molecule has 1 aromatic heterocycles. The van der Waals surface area contributed by atoms with Crippen LogP contribution in [-0.2, 0) is 4.79 Å². The van der Waals surface area contributed by atoms with Gasteiger partial charge < -0.3 is 14.7 Å². The van der Waals surface area contributed by atoms with Crippen LogP contribution < -0.4 is 10.2 Å². The Hall–Kier alpha value is -2.90. The molecule has 1 saturated heterocycles. The summed E-state index contributed by atoms with van der Waals surface area (Å²) in [5.74, 6) is 0.620. The van der Waals surface area contributed by atoms with Gasteiger partial charge in [0.25, 0.3) is 0 Å². The van der Waals surface area contributed by atoms with E-state index in [-0.39, 0.29) is 17.6 Å². The van der Waals surface area contributed by atoms with Gasteiger partial charge in [-0.25, -0.2) is 0 Å². The lowest BCUT2D eigenvalue weighted by molar-refractivity contribution is -0.116. The third-order valence-corrected chi connectivity index (χ3v) is 6.26. The molecule has 0 bridgehead atoms.